The third kappa shape index (κ3) is 6.09. The summed E-state index contributed by atoms with van der Waals surface area (Å²) in [4.78, 5) is 14.1. The minimum absolute atomic E-state index is 0.217. The fourth-order valence-corrected chi connectivity index (χ4v) is 3.14. The van der Waals surface area contributed by atoms with E-state index in [-0.39, 0.29) is 6.09 Å². The Morgan fingerprint density at radius 1 is 1.35 bits per heavy atom. The lowest BCUT2D eigenvalue weighted by Gasteiger charge is -2.34. The number of benzene rings is 1. The van der Waals surface area contributed by atoms with Gasteiger partial charge >= 0.3 is 6.09 Å². The molecule has 0 aliphatic carbocycles. The van der Waals surface area contributed by atoms with Crippen molar-refractivity contribution in [1.29, 1.82) is 0 Å². The van der Waals surface area contributed by atoms with Crippen LogP contribution in [0, 0.1) is 5.92 Å². The van der Waals surface area contributed by atoms with Crippen molar-refractivity contribution in [2.24, 2.45) is 11.7 Å². The van der Waals surface area contributed by atoms with Crippen LogP contribution in [0.3, 0.4) is 0 Å². The highest BCUT2D eigenvalue weighted by Crippen LogP contribution is 2.25. The molecule has 1 aliphatic rings. The van der Waals surface area contributed by atoms with Gasteiger partial charge < -0.3 is 24.8 Å². The van der Waals surface area contributed by atoms with Gasteiger partial charge in [-0.05, 0) is 64.2 Å². The normalized spacial score (nSPS) is 17.7. The van der Waals surface area contributed by atoms with Crippen LogP contribution in [0.15, 0.2) is 18.2 Å². The Kier molecular flexibility index (Phi) is 7.14. The number of nitrogens with zero attached hydrogens (tertiary/aromatic N) is 1. The van der Waals surface area contributed by atoms with Crippen LogP contribution in [0.25, 0.3) is 0 Å². The summed E-state index contributed by atoms with van der Waals surface area (Å²) >= 11 is 0. The first-order valence-electron chi connectivity index (χ1n) is 9.30. The molecule has 0 saturated carbocycles. The maximum atomic E-state index is 12.2. The number of hydrogen-bond acceptors (Lipinski definition) is 5. The number of rotatable bonds is 6. The summed E-state index contributed by atoms with van der Waals surface area (Å²) in [7, 11) is 1.63. The molecule has 0 radical (unpaired) electrons. The van der Waals surface area contributed by atoms with Gasteiger partial charge in [0.25, 0.3) is 0 Å². The van der Waals surface area contributed by atoms with Crippen LogP contribution in [0.4, 0.5) is 4.79 Å². The van der Waals surface area contributed by atoms with Crippen LogP contribution in [0.1, 0.15) is 45.6 Å². The van der Waals surface area contributed by atoms with E-state index in [2.05, 4.69) is 0 Å². The summed E-state index contributed by atoms with van der Waals surface area (Å²) in [6.07, 6.45) is 2.80. The van der Waals surface area contributed by atoms with Crippen molar-refractivity contribution >= 4 is 6.09 Å². The molecule has 1 aliphatic heterocycles. The van der Waals surface area contributed by atoms with Gasteiger partial charge in [-0.3, -0.25) is 0 Å². The molecule has 1 unspecified atom stereocenters. The van der Waals surface area contributed by atoms with E-state index in [1.807, 2.05) is 43.9 Å². The number of piperidine rings is 1. The van der Waals surface area contributed by atoms with Crippen LogP contribution in [-0.2, 0) is 11.3 Å². The number of ether oxygens (including phenoxy) is 3. The Morgan fingerprint density at radius 3 is 2.77 bits per heavy atom. The van der Waals surface area contributed by atoms with Gasteiger partial charge in [0.15, 0.2) is 0 Å². The standard InChI is InChI=1S/C20H32N2O4/c1-20(2,3)26-19(23)22-10-5-6-15(14-22)9-11-25-17-7-8-18(24-4)16(12-17)13-21/h7-8,12,15H,5-6,9-11,13-14,21H2,1-4H3. The lowest BCUT2D eigenvalue weighted by Crippen LogP contribution is -2.43. The maximum absolute atomic E-state index is 12.2. The predicted octanol–water partition coefficient (Wildman–Crippen LogP) is 3.57. The van der Waals surface area contributed by atoms with E-state index < -0.39 is 5.60 Å². The highest BCUT2D eigenvalue weighted by Gasteiger charge is 2.27. The Hall–Kier alpha value is -1.95. The molecule has 26 heavy (non-hydrogen) atoms. The third-order valence-electron chi connectivity index (χ3n) is 4.44. The summed E-state index contributed by atoms with van der Waals surface area (Å²) in [5.74, 6) is 2.01. The molecule has 0 bridgehead atoms. The Balaban J connectivity index is 1.81. The number of likely N-dealkylation sites (tertiary alicyclic amines) is 1. The second-order valence-corrected chi connectivity index (χ2v) is 7.75. The lowest BCUT2D eigenvalue weighted by atomic mass is 9.95. The van der Waals surface area contributed by atoms with Crippen molar-refractivity contribution in [3.8, 4) is 11.5 Å². The Bertz CT molecular complexity index is 598. The van der Waals surface area contributed by atoms with Crippen molar-refractivity contribution in [1.82, 2.24) is 4.90 Å². The van der Waals surface area contributed by atoms with Crippen molar-refractivity contribution in [3.05, 3.63) is 23.8 Å². The van der Waals surface area contributed by atoms with Gasteiger partial charge in [-0.15, -0.1) is 0 Å². The van der Waals surface area contributed by atoms with Crippen LogP contribution < -0.4 is 15.2 Å². The molecule has 146 valence electrons. The molecule has 2 rings (SSSR count). The molecule has 2 N–H and O–H groups in total. The zero-order chi connectivity index (χ0) is 19.2. The van der Waals surface area contributed by atoms with Gasteiger partial charge in [0.2, 0.25) is 0 Å². The van der Waals surface area contributed by atoms with E-state index in [1.165, 1.54) is 0 Å². The molecule has 1 fully saturated rings. The van der Waals surface area contributed by atoms with Gasteiger partial charge in [0.1, 0.15) is 17.1 Å². The van der Waals surface area contributed by atoms with Gasteiger partial charge in [-0.2, -0.15) is 0 Å². The lowest BCUT2D eigenvalue weighted by molar-refractivity contribution is 0.0154. The van der Waals surface area contributed by atoms with Crippen LogP contribution >= 0.6 is 0 Å². The molecule has 6 nitrogen and oxygen atoms in total. The molecule has 6 heteroatoms. The highest BCUT2D eigenvalue weighted by atomic mass is 16.6. The molecule has 0 spiro atoms. The number of carbonyl (C=O) groups is 1. The molecular formula is C20H32N2O4. The number of carbonyl (C=O) groups excluding carboxylic acids is 1. The SMILES string of the molecule is COc1ccc(OCCC2CCCN(C(=O)OC(C)(C)C)C2)cc1CN. The predicted molar refractivity (Wildman–Crippen MR) is 102 cm³/mol. The van der Waals surface area contributed by atoms with E-state index in [9.17, 15) is 4.79 Å². The Labute approximate surface area is 156 Å². The maximum Gasteiger partial charge on any atom is 0.410 e. The summed E-state index contributed by atoms with van der Waals surface area (Å²) in [6.45, 7) is 8.20. The first-order valence-corrected chi connectivity index (χ1v) is 9.30. The summed E-state index contributed by atoms with van der Waals surface area (Å²) < 4.78 is 16.6. The van der Waals surface area contributed by atoms with Gasteiger partial charge in [0, 0.05) is 25.2 Å². The van der Waals surface area contributed by atoms with E-state index in [0.29, 0.717) is 19.1 Å². The van der Waals surface area contributed by atoms with Crippen LogP contribution in [-0.4, -0.2) is 43.4 Å². The first kappa shape index (κ1) is 20.4. The quantitative estimate of drug-likeness (QED) is 0.835. The Morgan fingerprint density at radius 2 is 2.12 bits per heavy atom. The average Bonchev–Trinajstić information content (AvgIpc) is 2.60. The van der Waals surface area contributed by atoms with Gasteiger partial charge in [-0.1, -0.05) is 0 Å². The van der Waals surface area contributed by atoms with E-state index >= 15 is 0 Å². The molecule has 0 aromatic heterocycles. The summed E-state index contributed by atoms with van der Waals surface area (Å²) in [5.41, 5.74) is 6.22. The zero-order valence-corrected chi connectivity index (χ0v) is 16.4. The molecule has 1 aromatic rings. The molecule has 1 aromatic carbocycles. The second kappa shape index (κ2) is 9.12. The molecule has 1 heterocycles. The number of methoxy groups -OCH3 is 1. The van der Waals surface area contributed by atoms with E-state index in [1.54, 1.807) is 7.11 Å². The number of amides is 1. The highest BCUT2D eigenvalue weighted by molar-refractivity contribution is 5.68. The fraction of sp³-hybridized carbons (Fsp3) is 0.650. The van der Waals surface area contributed by atoms with Gasteiger partial charge in [0.05, 0.1) is 13.7 Å². The molecular weight excluding hydrogens is 332 g/mol. The van der Waals surface area contributed by atoms with E-state index in [0.717, 1.165) is 49.4 Å². The minimum Gasteiger partial charge on any atom is -0.496 e. The first-order chi connectivity index (χ1) is 12.3. The smallest absolute Gasteiger partial charge is 0.410 e. The topological polar surface area (TPSA) is 74.0 Å². The van der Waals surface area contributed by atoms with Crippen LogP contribution in [0.5, 0.6) is 11.5 Å². The largest absolute Gasteiger partial charge is 0.496 e. The van der Waals surface area contributed by atoms with Crippen molar-refractivity contribution in [2.45, 2.75) is 52.2 Å². The van der Waals surface area contributed by atoms with E-state index in [4.69, 9.17) is 19.9 Å². The minimum atomic E-state index is -0.456. The molecule has 1 atom stereocenters. The fourth-order valence-electron chi connectivity index (χ4n) is 3.14. The zero-order valence-electron chi connectivity index (χ0n) is 16.4. The second-order valence-electron chi connectivity index (χ2n) is 7.75. The van der Waals surface area contributed by atoms with Crippen molar-refractivity contribution < 1.29 is 19.0 Å². The number of hydrogen-bond donors (Lipinski definition) is 1. The summed E-state index contributed by atoms with van der Waals surface area (Å²) in [6, 6.07) is 5.70. The molecule has 1 saturated heterocycles. The third-order valence-corrected chi connectivity index (χ3v) is 4.44. The van der Waals surface area contributed by atoms with Crippen molar-refractivity contribution in [3.63, 3.8) is 0 Å². The average molecular weight is 364 g/mol. The van der Waals surface area contributed by atoms with Crippen molar-refractivity contribution in [2.75, 3.05) is 26.8 Å². The van der Waals surface area contributed by atoms with Crippen LogP contribution in [0.2, 0.25) is 0 Å². The van der Waals surface area contributed by atoms with Gasteiger partial charge in [-0.25, -0.2) is 4.79 Å². The summed E-state index contributed by atoms with van der Waals surface area (Å²) in [5, 5.41) is 0. The molecule has 1 amide bonds. The number of nitrogens with two attached hydrogens (primary N) is 1. The monoisotopic (exact) mass is 364 g/mol.